The number of anilines is 1. The Morgan fingerprint density at radius 3 is 2.81 bits per heavy atom. The zero-order valence-corrected chi connectivity index (χ0v) is 16.2. The van der Waals surface area contributed by atoms with Crippen molar-refractivity contribution in [2.75, 3.05) is 31.1 Å². The van der Waals surface area contributed by atoms with Gasteiger partial charge in [-0.2, -0.15) is 0 Å². The second kappa shape index (κ2) is 6.76. The second-order valence-electron chi connectivity index (χ2n) is 8.86. The Morgan fingerprint density at radius 2 is 2.08 bits per heavy atom. The van der Waals surface area contributed by atoms with E-state index in [0.717, 1.165) is 36.7 Å². The van der Waals surface area contributed by atoms with Gasteiger partial charge in [0.25, 0.3) is 0 Å². The number of carbonyl (C=O) groups excluding carboxylic acids is 1. The summed E-state index contributed by atoms with van der Waals surface area (Å²) in [7, 11) is 0. The molecule has 5 nitrogen and oxygen atoms in total. The number of aryl methyl sites for hydroxylation is 1. The monoisotopic (exact) mass is 358 g/mol. The first-order valence-electron chi connectivity index (χ1n) is 9.90. The van der Waals surface area contributed by atoms with Crippen molar-refractivity contribution in [1.82, 2.24) is 4.90 Å². The van der Waals surface area contributed by atoms with E-state index in [4.69, 9.17) is 9.47 Å². The molecule has 26 heavy (non-hydrogen) atoms. The summed E-state index contributed by atoms with van der Waals surface area (Å²) >= 11 is 0. The fourth-order valence-electron chi connectivity index (χ4n) is 3.65. The lowest BCUT2D eigenvalue weighted by Gasteiger charge is -2.32. The molecule has 1 aliphatic carbocycles. The van der Waals surface area contributed by atoms with E-state index < -0.39 is 5.60 Å². The van der Waals surface area contributed by atoms with Crippen molar-refractivity contribution in [2.24, 2.45) is 5.92 Å². The van der Waals surface area contributed by atoms with Crippen molar-refractivity contribution in [3.63, 3.8) is 0 Å². The summed E-state index contributed by atoms with van der Waals surface area (Å²) in [4.78, 5) is 17.0. The first-order chi connectivity index (χ1) is 12.4. The molecule has 3 aliphatic rings. The molecule has 0 N–H and O–H groups in total. The van der Waals surface area contributed by atoms with E-state index in [2.05, 4.69) is 11.0 Å². The number of amides is 1. The number of benzene rings is 1. The van der Waals surface area contributed by atoms with Gasteiger partial charge in [-0.05, 0) is 64.0 Å². The van der Waals surface area contributed by atoms with Crippen LogP contribution in [0.1, 0.15) is 45.6 Å². The van der Waals surface area contributed by atoms with Crippen LogP contribution >= 0.6 is 0 Å². The van der Waals surface area contributed by atoms with Crippen LogP contribution < -0.4 is 9.64 Å². The third kappa shape index (κ3) is 4.14. The van der Waals surface area contributed by atoms with Crippen molar-refractivity contribution in [3.8, 4) is 5.75 Å². The molecular weight excluding hydrogens is 328 g/mol. The highest BCUT2D eigenvalue weighted by molar-refractivity contribution is 5.91. The Bertz CT molecular complexity index is 678. The minimum absolute atomic E-state index is 0.281. The molecule has 2 aliphatic heterocycles. The van der Waals surface area contributed by atoms with Gasteiger partial charge < -0.3 is 9.47 Å². The largest absolute Gasteiger partial charge is 0.490 e. The number of rotatable bonds is 5. The predicted octanol–water partition coefficient (Wildman–Crippen LogP) is 3.85. The average Bonchev–Trinajstić information content (AvgIpc) is 3.50. The van der Waals surface area contributed by atoms with Gasteiger partial charge in [0.2, 0.25) is 0 Å². The van der Waals surface area contributed by atoms with E-state index in [9.17, 15) is 4.79 Å². The standard InChI is InChI=1S/C21H30N2O3/c1-21(2,3)26-20(24)23-11-5-7-16-6-4-8-18(19(16)23)25-14-17-13-22(17)12-15-9-10-15/h4,6,8,15,17H,5,7,9-14H2,1-3H3. The van der Waals surface area contributed by atoms with Crippen LogP contribution in [0.2, 0.25) is 0 Å². The van der Waals surface area contributed by atoms with Crippen molar-refractivity contribution in [1.29, 1.82) is 0 Å². The van der Waals surface area contributed by atoms with Gasteiger partial charge >= 0.3 is 6.09 Å². The van der Waals surface area contributed by atoms with Gasteiger partial charge in [0.05, 0.1) is 11.7 Å². The Labute approximate surface area is 156 Å². The van der Waals surface area contributed by atoms with Crippen LogP contribution in [0.3, 0.4) is 0 Å². The summed E-state index contributed by atoms with van der Waals surface area (Å²) in [5.41, 5.74) is 1.58. The minimum Gasteiger partial charge on any atom is -0.490 e. The summed E-state index contributed by atoms with van der Waals surface area (Å²) in [6, 6.07) is 6.64. The van der Waals surface area contributed by atoms with Gasteiger partial charge in [-0.1, -0.05) is 12.1 Å². The van der Waals surface area contributed by atoms with Crippen LogP contribution in [0, 0.1) is 5.92 Å². The van der Waals surface area contributed by atoms with E-state index >= 15 is 0 Å². The quantitative estimate of drug-likeness (QED) is 0.750. The minimum atomic E-state index is -0.498. The molecule has 2 fully saturated rings. The maximum absolute atomic E-state index is 12.7. The molecule has 5 heteroatoms. The molecule has 0 bridgehead atoms. The summed E-state index contributed by atoms with van der Waals surface area (Å²) in [6.45, 7) is 9.45. The van der Waals surface area contributed by atoms with Crippen LogP contribution in [0.25, 0.3) is 0 Å². The van der Waals surface area contributed by atoms with Crippen molar-refractivity contribution < 1.29 is 14.3 Å². The zero-order chi connectivity index (χ0) is 18.3. The van der Waals surface area contributed by atoms with Crippen LogP contribution in [0.5, 0.6) is 5.75 Å². The summed E-state index contributed by atoms with van der Waals surface area (Å²) < 4.78 is 11.8. The highest BCUT2D eigenvalue weighted by Gasteiger charge is 2.39. The highest BCUT2D eigenvalue weighted by atomic mass is 16.6. The molecule has 4 rings (SSSR count). The van der Waals surface area contributed by atoms with E-state index in [1.807, 2.05) is 32.9 Å². The highest BCUT2D eigenvalue weighted by Crippen LogP contribution is 2.38. The van der Waals surface area contributed by atoms with Crippen molar-refractivity contribution in [3.05, 3.63) is 23.8 Å². The maximum atomic E-state index is 12.7. The number of fused-ring (bicyclic) bond motifs is 1. The molecule has 0 spiro atoms. The van der Waals surface area contributed by atoms with Gasteiger partial charge in [0.1, 0.15) is 18.0 Å². The molecule has 2 unspecified atom stereocenters. The molecule has 1 aromatic rings. The number of ether oxygens (including phenoxy) is 2. The van der Waals surface area contributed by atoms with E-state index in [-0.39, 0.29) is 6.09 Å². The average molecular weight is 358 g/mol. The Hall–Kier alpha value is -1.75. The zero-order valence-electron chi connectivity index (χ0n) is 16.2. The summed E-state index contributed by atoms with van der Waals surface area (Å²) in [6.07, 6.45) is 4.43. The molecule has 1 saturated heterocycles. The van der Waals surface area contributed by atoms with Crippen LogP contribution in [0.15, 0.2) is 18.2 Å². The summed E-state index contributed by atoms with van der Waals surface area (Å²) in [5.74, 6) is 1.73. The van der Waals surface area contributed by atoms with Gasteiger partial charge in [-0.3, -0.25) is 9.80 Å². The van der Waals surface area contributed by atoms with E-state index in [1.54, 1.807) is 4.90 Å². The molecule has 1 aromatic carbocycles. The third-order valence-electron chi connectivity index (χ3n) is 5.24. The van der Waals surface area contributed by atoms with Crippen LogP contribution in [0.4, 0.5) is 10.5 Å². The third-order valence-corrected chi connectivity index (χ3v) is 5.24. The Kier molecular flexibility index (Phi) is 4.59. The predicted molar refractivity (Wildman–Crippen MR) is 102 cm³/mol. The Morgan fingerprint density at radius 1 is 1.27 bits per heavy atom. The maximum Gasteiger partial charge on any atom is 0.414 e. The molecule has 0 radical (unpaired) electrons. The normalized spacial score (nSPS) is 24.8. The number of hydrogen-bond acceptors (Lipinski definition) is 4. The first-order valence-corrected chi connectivity index (χ1v) is 9.90. The van der Waals surface area contributed by atoms with Gasteiger partial charge in [0, 0.05) is 19.6 Å². The van der Waals surface area contributed by atoms with Crippen molar-refractivity contribution >= 4 is 11.8 Å². The fourth-order valence-corrected chi connectivity index (χ4v) is 3.65. The number of hydrogen-bond donors (Lipinski definition) is 0. The molecule has 2 atom stereocenters. The molecular formula is C21H30N2O3. The molecule has 1 amide bonds. The molecule has 2 heterocycles. The molecule has 142 valence electrons. The summed E-state index contributed by atoms with van der Waals surface area (Å²) in [5, 5.41) is 0. The Balaban J connectivity index is 1.45. The molecule has 0 aromatic heterocycles. The van der Waals surface area contributed by atoms with Gasteiger partial charge in [-0.15, -0.1) is 0 Å². The number of nitrogens with zero attached hydrogens (tertiary/aromatic N) is 2. The first kappa shape index (κ1) is 17.7. The van der Waals surface area contributed by atoms with Gasteiger partial charge in [0.15, 0.2) is 0 Å². The van der Waals surface area contributed by atoms with E-state index in [0.29, 0.717) is 19.2 Å². The van der Waals surface area contributed by atoms with Crippen LogP contribution in [-0.4, -0.2) is 48.9 Å². The number of para-hydroxylation sites is 1. The fraction of sp³-hybridized carbons (Fsp3) is 0.667. The van der Waals surface area contributed by atoms with Crippen molar-refractivity contribution in [2.45, 2.75) is 58.1 Å². The second-order valence-corrected chi connectivity index (χ2v) is 8.86. The lowest BCUT2D eigenvalue weighted by molar-refractivity contribution is 0.0576. The SMILES string of the molecule is CC(C)(C)OC(=O)N1CCCc2cccc(OCC3CN3CC3CC3)c21. The lowest BCUT2D eigenvalue weighted by Crippen LogP contribution is -2.40. The smallest absolute Gasteiger partial charge is 0.414 e. The van der Waals surface area contributed by atoms with Gasteiger partial charge in [-0.25, -0.2) is 4.79 Å². The number of carbonyl (C=O) groups is 1. The molecule has 1 saturated carbocycles. The van der Waals surface area contributed by atoms with Crippen LogP contribution in [-0.2, 0) is 11.2 Å². The topological polar surface area (TPSA) is 41.8 Å². The van der Waals surface area contributed by atoms with E-state index in [1.165, 1.54) is 24.9 Å². The lowest BCUT2D eigenvalue weighted by atomic mass is 10.0.